The zero-order chi connectivity index (χ0) is 10.8. The smallest absolute Gasteiger partial charge is 0.0322 e. The van der Waals surface area contributed by atoms with Crippen molar-refractivity contribution in [3.05, 3.63) is 35.9 Å². The summed E-state index contributed by atoms with van der Waals surface area (Å²) in [6.07, 6.45) is 7.23. The van der Waals surface area contributed by atoms with Crippen molar-refractivity contribution >= 4 is 0 Å². The van der Waals surface area contributed by atoms with Gasteiger partial charge in [0, 0.05) is 6.04 Å². The molecule has 1 saturated heterocycles. The molecular weight excluding hydrogens is 194 g/mol. The zero-order valence-electron chi connectivity index (χ0n) is 9.86. The summed E-state index contributed by atoms with van der Waals surface area (Å²) < 4.78 is 0. The van der Waals surface area contributed by atoms with E-state index in [0.29, 0.717) is 6.04 Å². The van der Waals surface area contributed by atoms with Gasteiger partial charge in [0.25, 0.3) is 0 Å². The van der Waals surface area contributed by atoms with Crippen molar-refractivity contribution in [1.29, 1.82) is 0 Å². The molecule has 1 aromatic rings. The Bertz CT molecular complexity index is 329. The standard InChI is InChI=1S/C15H21N/c1-2-4-14(5-3-1)15-11-13(8-9-16-15)10-12-6-7-12/h1-5,12-13,15-16H,6-11H2. The van der Waals surface area contributed by atoms with E-state index in [4.69, 9.17) is 0 Å². The van der Waals surface area contributed by atoms with Crippen LogP contribution >= 0.6 is 0 Å². The minimum atomic E-state index is 0.610. The maximum absolute atomic E-state index is 3.66. The molecule has 0 spiro atoms. The molecule has 0 aromatic heterocycles. The summed E-state index contributed by atoms with van der Waals surface area (Å²) >= 11 is 0. The molecule has 0 radical (unpaired) electrons. The Morgan fingerprint density at radius 3 is 2.56 bits per heavy atom. The molecule has 0 amide bonds. The second kappa shape index (κ2) is 4.58. The number of hydrogen-bond donors (Lipinski definition) is 1. The molecule has 1 aliphatic carbocycles. The Kier molecular flexibility index (Phi) is 2.96. The van der Waals surface area contributed by atoms with Crippen molar-refractivity contribution < 1.29 is 0 Å². The van der Waals surface area contributed by atoms with E-state index in [0.717, 1.165) is 11.8 Å². The van der Waals surface area contributed by atoms with Gasteiger partial charge in [-0.15, -0.1) is 0 Å². The molecule has 1 heteroatoms. The lowest BCUT2D eigenvalue weighted by Gasteiger charge is -2.30. The molecule has 2 aliphatic rings. The monoisotopic (exact) mass is 215 g/mol. The lowest BCUT2D eigenvalue weighted by molar-refractivity contribution is 0.282. The van der Waals surface area contributed by atoms with Gasteiger partial charge < -0.3 is 5.32 Å². The van der Waals surface area contributed by atoms with Gasteiger partial charge in [0.1, 0.15) is 0 Å². The van der Waals surface area contributed by atoms with E-state index in [1.54, 1.807) is 0 Å². The van der Waals surface area contributed by atoms with E-state index in [-0.39, 0.29) is 0 Å². The summed E-state index contributed by atoms with van der Waals surface area (Å²) in [6.45, 7) is 1.21. The van der Waals surface area contributed by atoms with Gasteiger partial charge in [-0.25, -0.2) is 0 Å². The van der Waals surface area contributed by atoms with Crippen molar-refractivity contribution in [3.63, 3.8) is 0 Å². The molecule has 0 bridgehead atoms. The van der Waals surface area contributed by atoms with Crippen molar-refractivity contribution in [2.24, 2.45) is 11.8 Å². The fourth-order valence-corrected chi connectivity index (χ4v) is 2.97. The van der Waals surface area contributed by atoms with Crippen LogP contribution in [0.2, 0.25) is 0 Å². The molecule has 1 saturated carbocycles. The van der Waals surface area contributed by atoms with Gasteiger partial charge >= 0.3 is 0 Å². The van der Waals surface area contributed by atoms with Crippen LogP contribution in [0.15, 0.2) is 30.3 Å². The number of benzene rings is 1. The molecule has 2 unspecified atom stereocenters. The summed E-state index contributed by atoms with van der Waals surface area (Å²) in [5.41, 5.74) is 1.47. The number of piperidine rings is 1. The molecule has 1 heterocycles. The summed E-state index contributed by atoms with van der Waals surface area (Å²) in [5, 5.41) is 3.66. The number of rotatable bonds is 3. The van der Waals surface area contributed by atoms with Crippen molar-refractivity contribution in [3.8, 4) is 0 Å². The van der Waals surface area contributed by atoms with E-state index in [9.17, 15) is 0 Å². The molecule has 2 atom stereocenters. The van der Waals surface area contributed by atoms with Crippen LogP contribution in [-0.4, -0.2) is 6.54 Å². The highest BCUT2D eigenvalue weighted by Gasteiger charge is 2.29. The third kappa shape index (κ3) is 2.46. The summed E-state index contributed by atoms with van der Waals surface area (Å²) in [4.78, 5) is 0. The minimum absolute atomic E-state index is 0.610. The van der Waals surface area contributed by atoms with Crippen LogP contribution in [0.5, 0.6) is 0 Å². The molecule has 1 aliphatic heterocycles. The first-order valence-corrected chi connectivity index (χ1v) is 6.70. The van der Waals surface area contributed by atoms with Gasteiger partial charge in [-0.3, -0.25) is 0 Å². The van der Waals surface area contributed by atoms with Crippen molar-refractivity contribution in [2.75, 3.05) is 6.54 Å². The predicted molar refractivity (Wildman–Crippen MR) is 67.3 cm³/mol. The van der Waals surface area contributed by atoms with E-state index in [1.165, 1.54) is 44.2 Å². The second-order valence-corrected chi connectivity index (χ2v) is 5.49. The lowest BCUT2D eigenvalue weighted by atomic mass is 9.85. The molecule has 1 nitrogen and oxygen atoms in total. The van der Waals surface area contributed by atoms with Crippen molar-refractivity contribution in [2.45, 2.75) is 38.1 Å². The fraction of sp³-hybridized carbons (Fsp3) is 0.600. The van der Waals surface area contributed by atoms with Gasteiger partial charge in [-0.2, -0.15) is 0 Å². The highest BCUT2D eigenvalue weighted by atomic mass is 14.9. The van der Waals surface area contributed by atoms with Gasteiger partial charge in [0.2, 0.25) is 0 Å². The van der Waals surface area contributed by atoms with Crippen LogP contribution in [0.3, 0.4) is 0 Å². The molecule has 16 heavy (non-hydrogen) atoms. The Labute approximate surface area is 98.3 Å². The summed E-state index contributed by atoms with van der Waals surface area (Å²) in [6, 6.07) is 11.5. The SMILES string of the molecule is c1ccc(C2CC(CC3CC3)CCN2)cc1. The number of hydrogen-bond acceptors (Lipinski definition) is 1. The summed E-state index contributed by atoms with van der Waals surface area (Å²) in [7, 11) is 0. The Hall–Kier alpha value is -0.820. The van der Waals surface area contributed by atoms with E-state index < -0.39 is 0 Å². The van der Waals surface area contributed by atoms with Crippen molar-refractivity contribution in [1.82, 2.24) is 5.32 Å². The van der Waals surface area contributed by atoms with E-state index in [2.05, 4.69) is 35.6 Å². The molecular formula is C15H21N. The molecule has 2 fully saturated rings. The Morgan fingerprint density at radius 1 is 1.00 bits per heavy atom. The highest BCUT2D eigenvalue weighted by molar-refractivity contribution is 5.19. The highest BCUT2D eigenvalue weighted by Crippen LogP contribution is 2.40. The topological polar surface area (TPSA) is 12.0 Å². The van der Waals surface area contributed by atoms with Crippen LogP contribution in [-0.2, 0) is 0 Å². The van der Waals surface area contributed by atoms with Gasteiger partial charge in [0.05, 0.1) is 0 Å². The van der Waals surface area contributed by atoms with Gasteiger partial charge in [0.15, 0.2) is 0 Å². The molecule has 1 N–H and O–H groups in total. The Morgan fingerprint density at radius 2 is 1.81 bits per heavy atom. The van der Waals surface area contributed by atoms with Crippen LogP contribution in [0.25, 0.3) is 0 Å². The lowest BCUT2D eigenvalue weighted by Crippen LogP contribution is -2.31. The average molecular weight is 215 g/mol. The molecule has 1 aromatic carbocycles. The van der Waals surface area contributed by atoms with Gasteiger partial charge in [-0.05, 0) is 43.2 Å². The van der Waals surface area contributed by atoms with Crippen LogP contribution in [0, 0.1) is 11.8 Å². The van der Waals surface area contributed by atoms with Crippen LogP contribution in [0.1, 0.15) is 43.7 Å². The first-order valence-electron chi connectivity index (χ1n) is 6.70. The second-order valence-electron chi connectivity index (χ2n) is 5.49. The Balaban J connectivity index is 1.62. The predicted octanol–water partition coefficient (Wildman–Crippen LogP) is 3.53. The maximum atomic E-state index is 3.66. The third-order valence-electron chi connectivity index (χ3n) is 4.08. The van der Waals surface area contributed by atoms with Gasteiger partial charge in [-0.1, -0.05) is 43.2 Å². The normalized spacial score (nSPS) is 30.2. The first-order chi connectivity index (χ1) is 7.92. The van der Waals surface area contributed by atoms with Crippen LogP contribution in [0.4, 0.5) is 0 Å². The largest absolute Gasteiger partial charge is 0.310 e. The third-order valence-corrected chi connectivity index (χ3v) is 4.08. The van der Waals surface area contributed by atoms with E-state index >= 15 is 0 Å². The summed E-state index contributed by atoms with van der Waals surface area (Å²) in [5.74, 6) is 2.05. The molecule has 86 valence electrons. The van der Waals surface area contributed by atoms with E-state index in [1.807, 2.05) is 0 Å². The molecule has 3 rings (SSSR count). The number of nitrogens with one attached hydrogen (secondary N) is 1. The quantitative estimate of drug-likeness (QED) is 0.813. The first kappa shape index (κ1) is 10.3. The maximum Gasteiger partial charge on any atom is 0.0322 e. The zero-order valence-corrected chi connectivity index (χ0v) is 9.86. The fourth-order valence-electron chi connectivity index (χ4n) is 2.97. The minimum Gasteiger partial charge on any atom is -0.310 e. The van der Waals surface area contributed by atoms with Crippen LogP contribution < -0.4 is 5.32 Å². The average Bonchev–Trinajstić information content (AvgIpc) is 3.15.